The van der Waals surface area contributed by atoms with Gasteiger partial charge in [0.25, 0.3) is 0 Å². The molecule has 0 aromatic carbocycles. The predicted molar refractivity (Wildman–Crippen MR) is 55.5 cm³/mol. The van der Waals surface area contributed by atoms with Crippen molar-refractivity contribution in [2.45, 2.75) is 24.3 Å². The summed E-state index contributed by atoms with van der Waals surface area (Å²) in [7, 11) is 0. The van der Waals surface area contributed by atoms with Gasteiger partial charge in [0.1, 0.15) is 0 Å². The van der Waals surface area contributed by atoms with Crippen LogP contribution in [0.2, 0.25) is 0 Å². The van der Waals surface area contributed by atoms with Crippen LogP contribution in [0.15, 0.2) is 22.6 Å². The van der Waals surface area contributed by atoms with Gasteiger partial charge in [0.2, 0.25) is 0 Å². The van der Waals surface area contributed by atoms with Crippen LogP contribution in [-0.4, -0.2) is 10.5 Å². The van der Waals surface area contributed by atoms with Gasteiger partial charge in [-0.05, 0) is 12.3 Å². The van der Waals surface area contributed by atoms with Crippen molar-refractivity contribution in [2.24, 2.45) is 5.73 Å². The number of rotatable bonds is 2. The normalized spacial score (nSPS) is 31.1. The van der Waals surface area contributed by atoms with Crippen molar-refractivity contribution in [1.82, 2.24) is 0 Å². The van der Waals surface area contributed by atoms with E-state index in [9.17, 15) is 0 Å². The fourth-order valence-electron chi connectivity index (χ4n) is 1.15. The van der Waals surface area contributed by atoms with Crippen molar-refractivity contribution in [1.29, 1.82) is 0 Å². The third kappa shape index (κ3) is 1.76. The van der Waals surface area contributed by atoms with Crippen LogP contribution in [0.25, 0.3) is 0 Å². The van der Waals surface area contributed by atoms with E-state index in [1.54, 1.807) is 11.8 Å². The van der Waals surface area contributed by atoms with Gasteiger partial charge in [0, 0.05) is 15.9 Å². The molecule has 1 aliphatic heterocycles. The second-order valence-corrected chi connectivity index (χ2v) is 5.26. The Balaban J connectivity index is 2.70. The van der Waals surface area contributed by atoms with E-state index in [0.29, 0.717) is 10.5 Å². The van der Waals surface area contributed by atoms with E-state index in [0.717, 1.165) is 5.70 Å². The van der Waals surface area contributed by atoms with Gasteiger partial charge in [-0.25, -0.2) is 0 Å². The highest BCUT2D eigenvalue weighted by atomic mass is 32.2. The smallest absolute Gasteiger partial charge is 0.0610 e. The molecule has 2 N–H and O–H groups in total. The fourth-order valence-corrected chi connectivity index (χ4v) is 3.43. The topological polar surface area (TPSA) is 26.0 Å². The third-order valence-electron chi connectivity index (χ3n) is 1.74. The third-order valence-corrected chi connectivity index (χ3v) is 4.30. The Bertz CT molecular complexity index is 198. The van der Waals surface area contributed by atoms with Gasteiger partial charge in [0.05, 0.1) is 5.25 Å². The molecule has 0 radical (unpaired) electrons. The molecule has 62 valence electrons. The summed E-state index contributed by atoms with van der Waals surface area (Å²) in [4.78, 5) is 1.27. The van der Waals surface area contributed by atoms with Gasteiger partial charge < -0.3 is 5.73 Å². The molecule has 3 heteroatoms. The predicted octanol–water partition coefficient (Wildman–Crippen LogP) is 2.56. The molecule has 1 rings (SSSR count). The van der Waals surface area contributed by atoms with Crippen LogP contribution in [0, 0.1) is 0 Å². The molecule has 0 aromatic rings. The van der Waals surface area contributed by atoms with Crippen molar-refractivity contribution in [2.75, 3.05) is 0 Å². The van der Waals surface area contributed by atoms with E-state index >= 15 is 0 Å². The Labute approximate surface area is 76.5 Å². The van der Waals surface area contributed by atoms with Crippen LogP contribution < -0.4 is 5.73 Å². The minimum Gasteiger partial charge on any atom is -0.400 e. The van der Waals surface area contributed by atoms with Crippen LogP contribution in [0.1, 0.15) is 13.8 Å². The summed E-state index contributed by atoms with van der Waals surface area (Å²) >= 11 is 3.58. The zero-order valence-electron chi connectivity index (χ0n) is 6.83. The Morgan fingerprint density at radius 1 is 1.73 bits per heavy atom. The van der Waals surface area contributed by atoms with Crippen LogP contribution >= 0.6 is 23.5 Å². The summed E-state index contributed by atoms with van der Waals surface area (Å²) in [6.45, 7) is 7.98. The Kier molecular flexibility index (Phi) is 2.96. The fraction of sp³-hybridized carbons (Fsp3) is 0.500. The molecule has 0 spiro atoms. The molecular weight excluding hydrogens is 174 g/mol. The highest BCUT2D eigenvalue weighted by molar-refractivity contribution is 8.07. The monoisotopic (exact) mass is 187 g/mol. The Hall–Kier alpha value is -0.0200. The Morgan fingerprint density at radius 3 is 2.73 bits per heavy atom. The van der Waals surface area contributed by atoms with Crippen molar-refractivity contribution >= 4 is 23.5 Å². The van der Waals surface area contributed by atoms with E-state index in [-0.39, 0.29) is 0 Å². The summed E-state index contributed by atoms with van der Waals surface area (Å²) in [6, 6.07) is 0. The highest BCUT2D eigenvalue weighted by Crippen LogP contribution is 2.41. The number of nitrogens with two attached hydrogens (primary N) is 1. The van der Waals surface area contributed by atoms with Crippen LogP contribution in [0.4, 0.5) is 0 Å². The SMILES string of the molecule is C=CSC1C(N)=C(C)SC1C. The first kappa shape index (κ1) is 9.07. The van der Waals surface area contributed by atoms with Gasteiger partial charge in [-0.15, -0.1) is 23.5 Å². The molecule has 11 heavy (non-hydrogen) atoms. The molecule has 0 bridgehead atoms. The molecule has 0 saturated heterocycles. The molecule has 0 amide bonds. The van der Waals surface area contributed by atoms with E-state index in [2.05, 4.69) is 20.4 Å². The second kappa shape index (κ2) is 3.59. The number of hydrogen-bond donors (Lipinski definition) is 1. The molecular formula is C8H13NS2. The quantitative estimate of drug-likeness (QED) is 0.719. The summed E-state index contributed by atoms with van der Waals surface area (Å²) in [5.41, 5.74) is 6.92. The maximum atomic E-state index is 5.89. The summed E-state index contributed by atoms with van der Waals surface area (Å²) in [5, 5.41) is 2.91. The van der Waals surface area contributed by atoms with Gasteiger partial charge in [-0.2, -0.15) is 0 Å². The molecule has 1 aliphatic rings. The first-order chi connectivity index (χ1) is 5.16. The summed E-state index contributed by atoms with van der Waals surface area (Å²) < 4.78 is 0. The van der Waals surface area contributed by atoms with Gasteiger partial charge in [0.15, 0.2) is 0 Å². The first-order valence-electron chi connectivity index (χ1n) is 3.56. The molecule has 1 nitrogen and oxygen atoms in total. The Morgan fingerprint density at radius 2 is 2.36 bits per heavy atom. The lowest BCUT2D eigenvalue weighted by molar-refractivity contribution is 0.955. The standard InChI is InChI=1S/C8H13NS2/c1-4-10-8-6(3)11-5(2)7(8)9/h4,6,8H,1,9H2,2-3H3. The molecule has 2 unspecified atom stereocenters. The van der Waals surface area contributed by atoms with Crippen LogP contribution in [0.5, 0.6) is 0 Å². The second-order valence-electron chi connectivity index (χ2n) is 2.56. The van der Waals surface area contributed by atoms with E-state index in [1.807, 2.05) is 17.2 Å². The van der Waals surface area contributed by atoms with Crippen molar-refractivity contribution in [3.8, 4) is 0 Å². The number of hydrogen-bond acceptors (Lipinski definition) is 3. The van der Waals surface area contributed by atoms with Crippen LogP contribution in [0.3, 0.4) is 0 Å². The maximum absolute atomic E-state index is 5.89. The van der Waals surface area contributed by atoms with E-state index in [1.165, 1.54) is 4.91 Å². The molecule has 1 heterocycles. The van der Waals surface area contributed by atoms with Crippen molar-refractivity contribution in [3.05, 3.63) is 22.6 Å². The number of allylic oxidation sites excluding steroid dienone is 1. The minimum atomic E-state index is 0.442. The van der Waals surface area contributed by atoms with Crippen LogP contribution in [-0.2, 0) is 0 Å². The largest absolute Gasteiger partial charge is 0.400 e. The first-order valence-corrected chi connectivity index (χ1v) is 5.38. The molecule has 0 fully saturated rings. The van der Waals surface area contributed by atoms with E-state index < -0.39 is 0 Å². The average molecular weight is 187 g/mol. The van der Waals surface area contributed by atoms with Crippen molar-refractivity contribution < 1.29 is 0 Å². The van der Waals surface area contributed by atoms with E-state index in [4.69, 9.17) is 5.73 Å². The number of thioether (sulfide) groups is 2. The molecule has 0 saturated carbocycles. The lowest BCUT2D eigenvalue weighted by Gasteiger charge is -2.12. The van der Waals surface area contributed by atoms with Gasteiger partial charge in [-0.1, -0.05) is 13.5 Å². The zero-order chi connectivity index (χ0) is 8.43. The minimum absolute atomic E-state index is 0.442. The zero-order valence-corrected chi connectivity index (χ0v) is 8.47. The average Bonchev–Trinajstić information content (AvgIpc) is 2.17. The maximum Gasteiger partial charge on any atom is 0.0610 e. The lowest BCUT2D eigenvalue weighted by Crippen LogP contribution is -2.18. The summed E-state index contributed by atoms with van der Waals surface area (Å²) in [6.07, 6.45) is 0. The van der Waals surface area contributed by atoms with Crippen molar-refractivity contribution in [3.63, 3.8) is 0 Å². The van der Waals surface area contributed by atoms with Gasteiger partial charge in [-0.3, -0.25) is 0 Å². The highest BCUT2D eigenvalue weighted by Gasteiger charge is 2.28. The van der Waals surface area contributed by atoms with Gasteiger partial charge >= 0.3 is 0 Å². The molecule has 0 aromatic heterocycles. The summed E-state index contributed by atoms with van der Waals surface area (Å²) in [5.74, 6) is 0. The molecule has 2 atom stereocenters. The lowest BCUT2D eigenvalue weighted by atomic mass is 10.2. The molecule has 0 aliphatic carbocycles.